The van der Waals surface area contributed by atoms with E-state index in [1.54, 1.807) is 18.2 Å². The van der Waals surface area contributed by atoms with Crippen LogP contribution in [0.1, 0.15) is 75.0 Å². The summed E-state index contributed by atoms with van der Waals surface area (Å²) in [6.45, 7) is 6.29. The Morgan fingerprint density at radius 1 is 1.02 bits per heavy atom. The van der Waals surface area contributed by atoms with E-state index in [0.717, 1.165) is 37.1 Å². The van der Waals surface area contributed by atoms with Crippen LogP contribution in [-0.4, -0.2) is 54.0 Å². The van der Waals surface area contributed by atoms with E-state index in [2.05, 4.69) is 28.7 Å². The Morgan fingerprint density at radius 2 is 1.73 bits per heavy atom. The van der Waals surface area contributed by atoms with E-state index in [0.29, 0.717) is 30.6 Å². The van der Waals surface area contributed by atoms with Gasteiger partial charge in [-0.05, 0) is 75.8 Å². The van der Waals surface area contributed by atoms with Gasteiger partial charge in [0.15, 0.2) is 5.84 Å². The van der Waals surface area contributed by atoms with Crippen LogP contribution in [-0.2, 0) is 20.8 Å². The summed E-state index contributed by atoms with van der Waals surface area (Å²) >= 11 is 0. The van der Waals surface area contributed by atoms with E-state index >= 15 is 0 Å². The number of para-hydroxylation sites is 1. The first-order chi connectivity index (χ1) is 19.1. The summed E-state index contributed by atoms with van der Waals surface area (Å²) < 4.78 is 37.3. The molecule has 216 valence electrons. The number of piperidine rings is 1. The molecular formula is C30H37F3N4O3. The molecule has 4 rings (SSSR count). The third kappa shape index (κ3) is 7.02. The Hall–Kier alpha value is -3.40. The lowest BCUT2D eigenvalue weighted by Crippen LogP contribution is -2.44. The second-order valence-electron chi connectivity index (χ2n) is 10.8. The first-order valence-corrected chi connectivity index (χ1v) is 13.9. The van der Waals surface area contributed by atoms with Gasteiger partial charge in [-0.2, -0.15) is 13.2 Å². The minimum Gasteiger partial charge on any atom is -0.380 e. The summed E-state index contributed by atoms with van der Waals surface area (Å²) in [4.78, 5) is 33.1. The smallest absolute Gasteiger partial charge is 0.380 e. The van der Waals surface area contributed by atoms with Gasteiger partial charge in [-0.15, -0.1) is 0 Å². The molecule has 0 radical (unpaired) electrons. The van der Waals surface area contributed by atoms with E-state index in [1.807, 2.05) is 29.2 Å². The van der Waals surface area contributed by atoms with Gasteiger partial charge in [0.2, 0.25) is 5.91 Å². The number of nitrogens with zero attached hydrogens (tertiary/aromatic N) is 3. The fraction of sp³-hybridized carbons (Fsp3) is 0.500. The predicted octanol–water partition coefficient (Wildman–Crippen LogP) is 5.52. The molecule has 2 heterocycles. The Morgan fingerprint density at radius 3 is 2.45 bits per heavy atom. The average Bonchev–Trinajstić information content (AvgIpc) is 2.93. The van der Waals surface area contributed by atoms with Crippen molar-refractivity contribution in [2.45, 2.75) is 83.0 Å². The first kappa shape index (κ1) is 29.6. The summed E-state index contributed by atoms with van der Waals surface area (Å²) in [5.74, 6) is -3.37. The highest BCUT2D eigenvalue weighted by molar-refractivity contribution is 6.02. The van der Waals surface area contributed by atoms with Crippen molar-refractivity contribution in [1.82, 2.24) is 4.90 Å². The third-order valence-electron chi connectivity index (χ3n) is 7.99. The van der Waals surface area contributed by atoms with Crippen molar-refractivity contribution in [3.05, 3.63) is 65.2 Å². The van der Waals surface area contributed by atoms with Gasteiger partial charge in [0.1, 0.15) is 0 Å². The number of fused-ring (bicyclic) bond motifs is 1. The van der Waals surface area contributed by atoms with Crippen molar-refractivity contribution >= 4 is 23.4 Å². The average molecular weight is 559 g/mol. The molecular weight excluding hydrogens is 521 g/mol. The van der Waals surface area contributed by atoms with E-state index in [1.165, 1.54) is 25.3 Å². The fourth-order valence-electron chi connectivity index (χ4n) is 5.82. The number of hydrogen-bond donors (Lipinski definition) is 1. The number of hydrogen-bond acceptors (Lipinski definition) is 5. The molecule has 0 spiro atoms. The molecule has 0 saturated carbocycles. The van der Waals surface area contributed by atoms with E-state index in [-0.39, 0.29) is 11.5 Å². The minimum atomic E-state index is -5.18. The molecule has 2 N–H and O–H groups in total. The summed E-state index contributed by atoms with van der Waals surface area (Å²) in [6.07, 6.45) is 2.09. The first-order valence-electron chi connectivity index (χ1n) is 13.9. The van der Waals surface area contributed by atoms with Crippen molar-refractivity contribution in [2.75, 3.05) is 18.0 Å². The second-order valence-corrected chi connectivity index (χ2v) is 10.8. The molecule has 0 aromatic heterocycles. The van der Waals surface area contributed by atoms with Gasteiger partial charge in [0, 0.05) is 29.9 Å². The topological polar surface area (TPSA) is 88.2 Å². The maximum absolute atomic E-state index is 13.8. The Labute approximate surface area is 233 Å². The van der Waals surface area contributed by atoms with E-state index in [4.69, 9.17) is 5.73 Å². The zero-order chi connectivity index (χ0) is 28.9. The monoisotopic (exact) mass is 558 g/mol. The third-order valence-corrected chi connectivity index (χ3v) is 7.99. The maximum Gasteiger partial charge on any atom is 0.493 e. The number of carbonyl (C=O) groups excluding carboxylic acids is 2. The van der Waals surface area contributed by atoms with Gasteiger partial charge in [0.05, 0.1) is 5.92 Å². The van der Waals surface area contributed by atoms with Crippen molar-refractivity contribution in [3.63, 3.8) is 0 Å². The number of amidine groups is 1. The van der Waals surface area contributed by atoms with Crippen molar-refractivity contribution < 1.29 is 27.6 Å². The van der Waals surface area contributed by atoms with Crippen LogP contribution in [0.4, 0.5) is 18.9 Å². The van der Waals surface area contributed by atoms with Crippen molar-refractivity contribution in [3.8, 4) is 0 Å². The van der Waals surface area contributed by atoms with Crippen LogP contribution >= 0.6 is 0 Å². The number of unbranched alkanes of at least 4 members (excludes halogenated alkanes) is 2. The maximum atomic E-state index is 13.8. The van der Waals surface area contributed by atoms with Gasteiger partial charge in [-0.25, -0.2) is 4.79 Å². The summed E-state index contributed by atoms with van der Waals surface area (Å²) in [5, 5.41) is 3.14. The number of benzene rings is 2. The van der Waals surface area contributed by atoms with Crippen LogP contribution in [0.15, 0.2) is 53.7 Å². The number of amides is 1. The lowest BCUT2D eigenvalue weighted by molar-refractivity contribution is -0.199. The van der Waals surface area contributed by atoms with Crippen LogP contribution in [0.25, 0.3) is 0 Å². The second kappa shape index (κ2) is 12.8. The van der Waals surface area contributed by atoms with Gasteiger partial charge in [-0.3, -0.25) is 9.69 Å². The van der Waals surface area contributed by atoms with Gasteiger partial charge >= 0.3 is 12.1 Å². The molecule has 2 aromatic carbocycles. The highest BCUT2D eigenvalue weighted by Crippen LogP contribution is 2.36. The fourth-order valence-corrected chi connectivity index (χ4v) is 5.82. The lowest BCUT2D eigenvalue weighted by Gasteiger charge is -2.39. The number of halogens is 3. The number of carbonyl (C=O) groups is 2. The molecule has 40 heavy (non-hydrogen) atoms. The molecule has 1 saturated heterocycles. The number of likely N-dealkylation sites (tertiary alicyclic amines) is 1. The number of rotatable bonds is 9. The highest BCUT2D eigenvalue weighted by Gasteiger charge is 2.42. The molecule has 0 bridgehead atoms. The van der Waals surface area contributed by atoms with Crippen molar-refractivity contribution in [1.29, 1.82) is 0 Å². The normalized spacial score (nSPS) is 22.2. The van der Waals surface area contributed by atoms with Gasteiger partial charge in [0.25, 0.3) is 0 Å². The van der Waals surface area contributed by atoms with Crippen LogP contribution in [0.5, 0.6) is 0 Å². The standard InChI is InChI=1S/C30H37F3N4O3/c1-20-10-8-11-21(2)36(20)16-6-3-7-17-37-26-15-5-4-12-23(26)19-25(28(37)38)22-13-9-14-24(18-22)27(34)35-40-29(39)30(31,32)33/h4-5,9,12-15,18,20-21,25H,3,6-8,10-11,16-17,19H2,1-2H3,(H2,34,35). The Bertz CT molecular complexity index is 1220. The molecule has 10 heteroatoms. The van der Waals surface area contributed by atoms with Gasteiger partial charge in [-0.1, -0.05) is 54.4 Å². The van der Waals surface area contributed by atoms with E-state index < -0.39 is 23.9 Å². The largest absolute Gasteiger partial charge is 0.493 e. The molecule has 1 amide bonds. The van der Waals surface area contributed by atoms with Crippen LogP contribution in [0.3, 0.4) is 0 Å². The lowest BCUT2D eigenvalue weighted by atomic mass is 9.85. The molecule has 3 atom stereocenters. The molecule has 3 unspecified atom stereocenters. The molecule has 7 nitrogen and oxygen atoms in total. The number of oxime groups is 1. The summed E-state index contributed by atoms with van der Waals surface area (Å²) in [7, 11) is 0. The number of nitrogens with two attached hydrogens (primary N) is 1. The minimum absolute atomic E-state index is 0.0341. The Kier molecular flexibility index (Phi) is 9.50. The van der Waals surface area contributed by atoms with Crippen LogP contribution < -0.4 is 10.6 Å². The number of alkyl halides is 3. The summed E-state index contributed by atoms with van der Waals surface area (Å²) in [5.41, 5.74) is 8.68. The highest BCUT2D eigenvalue weighted by atomic mass is 19.4. The quantitative estimate of drug-likeness (QED) is 0.144. The predicted molar refractivity (Wildman–Crippen MR) is 148 cm³/mol. The van der Waals surface area contributed by atoms with Crippen LogP contribution in [0.2, 0.25) is 0 Å². The zero-order valence-electron chi connectivity index (χ0n) is 23.0. The molecule has 1 fully saturated rings. The molecule has 2 aliphatic heterocycles. The van der Waals surface area contributed by atoms with E-state index in [9.17, 15) is 22.8 Å². The SMILES string of the molecule is CC1CCCC(C)N1CCCCCN1C(=O)C(c2cccc(/C(N)=N\OC(=O)C(F)(F)F)c2)Cc2ccccc21. The molecule has 0 aliphatic carbocycles. The Balaban J connectivity index is 1.43. The summed E-state index contributed by atoms with van der Waals surface area (Å²) in [6, 6.07) is 15.7. The van der Waals surface area contributed by atoms with Crippen LogP contribution in [0, 0.1) is 0 Å². The molecule has 2 aromatic rings. The van der Waals surface area contributed by atoms with Crippen molar-refractivity contribution in [2.24, 2.45) is 10.9 Å². The molecule has 2 aliphatic rings. The van der Waals surface area contributed by atoms with Gasteiger partial charge < -0.3 is 15.5 Å². The zero-order valence-corrected chi connectivity index (χ0v) is 23.0. The number of anilines is 1.